The molecule has 1 saturated carbocycles. The molecule has 3 aliphatic heterocycles. The lowest BCUT2D eigenvalue weighted by Crippen LogP contribution is -2.49. The van der Waals surface area contributed by atoms with Crippen molar-refractivity contribution in [1.29, 1.82) is 0 Å². The summed E-state index contributed by atoms with van der Waals surface area (Å²) in [7, 11) is 2.16. The zero-order chi connectivity index (χ0) is 27.3. The Labute approximate surface area is 233 Å². The molecule has 3 fully saturated rings. The Morgan fingerprint density at radius 3 is 2.67 bits per heavy atom. The second-order valence-electron chi connectivity index (χ2n) is 11.7. The molecule has 0 radical (unpaired) electrons. The van der Waals surface area contributed by atoms with E-state index in [1.165, 1.54) is 0 Å². The van der Waals surface area contributed by atoms with Crippen LogP contribution in [0, 0.1) is 0 Å². The first-order chi connectivity index (χ1) is 19.4. The Kier molecular flexibility index (Phi) is 6.35. The zero-order valence-electron chi connectivity index (χ0n) is 22.9. The van der Waals surface area contributed by atoms with Crippen molar-refractivity contribution in [3.8, 4) is 5.75 Å². The van der Waals surface area contributed by atoms with E-state index in [-0.39, 0.29) is 17.4 Å². The Bertz CT molecular complexity index is 1430. The molecule has 7 rings (SSSR count). The van der Waals surface area contributed by atoms with E-state index in [9.17, 15) is 9.59 Å². The molecule has 4 aliphatic rings. The van der Waals surface area contributed by atoms with Gasteiger partial charge in [0, 0.05) is 88.6 Å². The number of ether oxygens (including phenoxy) is 1. The van der Waals surface area contributed by atoms with Crippen LogP contribution in [0.2, 0.25) is 0 Å². The average molecular weight is 545 g/mol. The molecular formula is C29H36N8O3. The number of anilines is 2. The van der Waals surface area contributed by atoms with Gasteiger partial charge in [0.15, 0.2) is 5.65 Å². The summed E-state index contributed by atoms with van der Waals surface area (Å²) >= 11 is 0. The van der Waals surface area contributed by atoms with Gasteiger partial charge in [-0.3, -0.25) is 14.5 Å². The predicted octanol–water partition coefficient (Wildman–Crippen LogP) is 1.78. The van der Waals surface area contributed by atoms with E-state index in [0.717, 1.165) is 94.1 Å². The Morgan fingerprint density at radius 2 is 1.90 bits per heavy atom. The number of hydrogen-bond acceptors (Lipinski definition) is 8. The van der Waals surface area contributed by atoms with Gasteiger partial charge in [-0.15, -0.1) is 0 Å². The van der Waals surface area contributed by atoms with E-state index in [4.69, 9.17) is 4.74 Å². The maximum Gasteiger partial charge on any atom is 0.261 e. The van der Waals surface area contributed by atoms with Crippen molar-refractivity contribution in [3.05, 3.63) is 47.9 Å². The molecule has 2 aromatic heterocycles. The number of aromatic nitrogens is 3. The number of piperidine rings is 1. The van der Waals surface area contributed by atoms with Crippen LogP contribution < -0.4 is 20.3 Å². The molecule has 0 unspecified atom stereocenters. The van der Waals surface area contributed by atoms with Crippen molar-refractivity contribution in [2.45, 2.75) is 43.7 Å². The fraction of sp³-hybridized carbons (Fsp3) is 0.517. The highest BCUT2D eigenvalue weighted by molar-refractivity contribution is 6.09. The molecule has 0 atom stereocenters. The molecule has 11 nitrogen and oxygen atoms in total. The summed E-state index contributed by atoms with van der Waals surface area (Å²) in [6.07, 6.45) is 10.0. The lowest BCUT2D eigenvalue weighted by atomic mass is 9.87. The Morgan fingerprint density at radius 1 is 1.10 bits per heavy atom. The highest BCUT2D eigenvalue weighted by Crippen LogP contribution is 2.45. The van der Waals surface area contributed by atoms with Gasteiger partial charge in [0.05, 0.1) is 24.1 Å². The van der Waals surface area contributed by atoms with Crippen LogP contribution in [0.25, 0.3) is 5.65 Å². The third-order valence-electron chi connectivity index (χ3n) is 8.71. The van der Waals surface area contributed by atoms with Gasteiger partial charge >= 0.3 is 0 Å². The van der Waals surface area contributed by atoms with E-state index in [1.54, 1.807) is 29.2 Å². The minimum absolute atomic E-state index is 0.111. The highest BCUT2D eigenvalue weighted by atomic mass is 16.5. The number of carbonyl (C=O) groups excluding carboxylic acids is 2. The second-order valence-corrected chi connectivity index (χ2v) is 11.7. The van der Waals surface area contributed by atoms with Gasteiger partial charge in [-0.1, -0.05) is 0 Å². The van der Waals surface area contributed by atoms with Crippen molar-refractivity contribution in [2.75, 3.05) is 63.1 Å². The molecule has 1 spiro atoms. The number of nitrogens with zero attached hydrogens (tertiary/aromatic N) is 6. The molecule has 210 valence electrons. The first-order valence-corrected chi connectivity index (χ1v) is 14.4. The average Bonchev–Trinajstić information content (AvgIpc) is 3.54. The standard InChI is InChI=1S/C29H36N8O3/c1-34-9-5-29(6-10-34)17-20-15-23(33-28(39)22-18-31-37-8-2-7-30-27(22)37)24(16-25(20)40-29)36-13-11-35(12-14-36)19-26(38)32-21-3-4-21/h2,7-8,15-16,18,21H,3-6,9-14,17,19H2,1H3,(H,32,38)(H,33,39). The number of likely N-dealkylation sites (tertiary alicyclic amines) is 1. The topological polar surface area (TPSA) is 107 Å². The number of piperazine rings is 1. The van der Waals surface area contributed by atoms with Gasteiger partial charge in [0.2, 0.25) is 5.91 Å². The minimum atomic E-state index is -0.238. The molecule has 2 saturated heterocycles. The van der Waals surface area contributed by atoms with Crippen LogP contribution in [0.1, 0.15) is 41.6 Å². The van der Waals surface area contributed by atoms with Crippen LogP contribution in [0.4, 0.5) is 11.4 Å². The van der Waals surface area contributed by atoms with E-state index >= 15 is 0 Å². The number of rotatable bonds is 6. The maximum atomic E-state index is 13.5. The Hall–Kier alpha value is -3.70. The van der Waals surface area contributed by atoms with Gasteiger partial charge in [0.25, 0.3) is 5.91 Å². The monoisotopic (exact) mass is 544 g/mol. The number of nitrogens with one attached hydrogen (secondary N) is 2. The number of carbonyl (C=O) groups is 2. The summed E-state index contributed by atoms with van der Waals surface area (Å²) < 4.78 is 8.27. The number of amides is 2. The van der Waals surface area contributed by atoms with Gasteiger partial charge in [0.1, 0.15) is 16.9 Å². The summed E-state index contributed by atoms with van der Waals surface area (Å²) in [5.74, 6) is 0.792. The van der Waals surface area contributed by atoms with E-state index in [0.29, 0.717) is 23.8 Å². The normalized spacial score (nSPS) is 20.9. The van der Waals surface area contributed by atoms with Crippen LogP contribution in [0.15, 0.2) is 36.8 Å². The quantitative estimate of drug-likeness (QED) is 0.484. The van der Waals surface area contributed by atoms with Crippen LogP contribution in [0.3, 0.4) is 0 Å². The summed E-state index contributed by atoms with van der Waals surface area (Å²) in [5, 5.41) is 10.6. The molecule has 0 bridgehead atoms. The lowest BCUT2D eigenvalue weighted by Gasteiger charge is -2.37. The third kappa shape index (κ3) is 4.99. The largest absolute Gasteiger partial charge is 0.486 e. The molecule has 5 heterocycles. The van der Waals surface area contributed by atoms with Crippen molar-refractivity contribution in [3.63, 3.8) is 0 Å². The van der Waals surface area contributed by atoms with Crippen molar-refractivity contribution in [1.82, 2.24) is 29.7 Å². The number of benzene rings is 1. The van der Waals surface area contributed by atoms with E-state index in [2.05, 4.69) is 54.6 Å². The van der Waals surface area contributed by atoms with E-state index < -0.39 is 0 Å². The number of hydrogen-bond donors (Lipinski definition) is 2. The lowest BCUT2D eigenvalue weighted by molar-refractivity contribution is -0.122. The molecule has 3 aromatic rings. The molecule has 40 heavy (non-hydrogen) atoms. The first kappa shape index (κ1) is 25.3. The summed E-state index contributed by atoms with van der Waals surface area (Å²) in [5.41, 5.74) is 3.64. The molecule has 11 heteroatoms. The van der Waals surface area contributed by atoms with Gasteiger partial charge < -0.3 is 25.2 Å². The fourth-order valence-corrected chi connectivity index (χ4v) is 6.16. The Balaban J connectivity index is 1.13. The van der Waals surface area contributed by atoms with E-state index in [1.807, 2.05) is 0 Å². The first-order valence-electron chi connectivity index (χ1n) is 14.4. The molecule has 1 aromatic carbocycles. The van der Waals surface area contributed by atoms with Crippen molar-refractivity contribution < 1.29 is 14.3 Å². The maximum absolute atomic E-state index is 13.5. The highest BCUT2D eigenvalue weighted by Gasteiger charge is 2.42. The SMILES string of the molecule is CN1CCC2(CC1)Cc1cc(NC(=O)c3cnn4cccnc34)c(N3CCN(CC(=O)NC4CC4)CC3)cc1O2. The minimum Gasteiger partial charge on any atom is -0.486 e. The van der Waals surface area contributed by atoms with Crippen LogP contribution in [-0.2, 0) is 11.2 Å². The number of fused-ring (bicyclic) bond motifs is 2. The van der Waals surface area contributed by atoms with Gasteiger partial charge in [-0.05, 0) is 32.0 Å². The summed E-state index contributed by atoms with van der Waals surface area (Å²) in [4.78, 5) is 37.1. The summed E-state index contributed by atoms with van der Waals surface area (Å²) in [6, 6.07) is 6.38. The third-order valence-corrected chi connectivity index (χ3v) is 8.71. The zero-order valence-corrected chi connectivity index (χ0v) is 22.9. The molecule has 2 N–H and O–H groups in total. The van der Waals surface area contributed by atoms with Gasteiger partial charge in [-0.2, -0.15) is 5.10 Å². The van der Waals surface area contributed by atoms with Gasteiger partial charge in [-0.25, -0.2) is 9.50 Å². The second kappa shape index (κ2) is 10.0. The van der Waals surface area contributed by atoms with Crippen LogP contribution in [0.5, 0.6) is 5.75 Å². The van der Waals surface area contributed by atoms with Crippen LogP contribution in [-0.4, -0.2) is 101 Å². The smallest absolute Gasteiger partial charge is 0.261 e. The fourth-order valence-electron chi connectivity index (χ4n) is 6.16. The molecule has 1 aliphatic carbocycles. The van der Waals surface area contributed by atoms with Crippen LogP contribution >= 0.6 is 0 Å². The van der Waals surface area contributed by atoms with Crippen molar-refractivity contribution in [2.24, 2.45) is 0 Å². The molecular weight excluding hydrogens is 508 g/mol. The predicted molar refractivity (Wildman–Crippen MR) is 151 cm³/mol. The summed E-state index contributed by atoms with van der Waals surface area (Å²) in [6.45, 7) is 5.53. The van der Waals surface area contributed by atoms with Crippen molar-refractivity contribution >= 4 is 28.8 Å². The molecule has 2 amide bonds.